The topological polar surface area (TPSA) is 126 Å². The smallest absolute Gasteiger partial charge is 0.233 e. The number of imidazole rings is 1. The maximum atomic E-state index is 15.1. The first-order chi connectivity index (χ1) is 13.6. The highest BCUT2D eigenvalue weighted by Crippen LogP contribution is 2.44. The Hall–Kier alpha value is -2.37. The summed E-state index contributed by atoms with van der Waals surface area (Å²) < 4.78 is 22.3. The summed E-state index contributed by atoms with van der Waals surface area (Å²) in [4.78, 5) is 26.8. The SMILES string of the molecule is CC(C)C(=O)Nc1nc(N(C)C)c2ncn([C@@H]3OC(CO)(CO)[C@@H](C)[C@H]3F)c2n1. The second kappa shape index (κ2) is 7.81. The van der Waals surface area contributed by atoms with Gasteiger partial charge in [-0.25, -0.2) is 9.37 Å². The van der Waals surface area contributed by atoms with Crippen molar-refractivity contribution < 1.29 is 24.1 Å². The van der Waals surface area contributed by atoms with Crippen LogP contribution in [-0.4, -0.2) is 74.7 Å². The molecule has 0 spiro atoms. The molecule has 1 amide bonds. The van der Waals surface area contributed by atoms with E-state index in [1.165, 1.54) is 10.9 Å². The number of nitrogens with one attached hydrogen (secondary N) is 1. The Labute approximate surface area is 167 Å². The largest absolute Gasteiger partial charge is 0.393 e. The minimum atomic E-state index is -1.52. The Balaban J connectivity index is 2.10. The van der Waals surface area contributed by atoms with E-state index in [0.29, 0.717) is 11.3 Å². The Morgan fingerprint density at radius 2 is 2.03 bits per heavy atom. The number of nitrogens with zero attached hydrogens (tertiary/aromatic N) is 5. The third kappa shape index (κ3) is 3.53. The molecule has 2 aromatic rings. The lowest BCUT2D eigenvalue weighted by molar-refractivity contribution is -0.134. The second-order valence-electron chi connectivity index (χ2n) is 7.86. The molecule has 3 atom stereocenters. The molecule has 160 valence electrons. The van der Waals surface area contributed by atoms with Crippen LogP contribution < -0.4 is 10.2 Å². The fourth-order valence-electron chi connectivity index (χ4n) is 3.28. The number of anilines is 2. The number of rotatable bonds is 6. The summed E-state index contributed by atoms with van der Waals surface area (Å²) in [6.45, 7) is 4.01. The monoisotopic (exact) mass is 410 g/mol. The lowest BCUT2D eigenvalue weighted by Gasteiger charge is -2.28. The van der Waals surface area contributed by atoms with E-state index < -0.39 is 37.1 Å². The van der Waals surface area contributed by atoms with Crippen molar-refractivity contribution in [2.45, 2.75) is 38.8 Å². The van der Waals surface area contributed by atoms with Crippen LogP contribution in [0.5, 0.6) is 0 Å². The maximum Gasteiger partial charge on any atom is 0.233 e. The molecule has 0 radical (unpaired) electrons. The third-order valence-corrected chi connectivity index (χ3v) is 5.33. The molecule has 1 aliphatic rings. The van der Waals surface area contributed by atoms with Gasteiger partial charge in [-0.2, -0.15) is 9.97 Å². The van der Waals surface area contributed by atoms with E-state index in [9.17, 15) is 15.0 Å². The highest BCUT2D eigenvalue weighted by molar-refractivity contribution is 5.92. The number of halogens is 1. The second-order valence-corrected chi connectivity index (χ2v) is 7.86. The molecule has 1 fully saturated rings. The molecule has 3 N–H and O–H groups in total. The molecule has 0 aromatic carbocycles. The van der Waals surface area contributed by atoms with Gasteiger partial charge in [-0.1, -0.05) is 20.8 Å². The van der Waals surface area contributed by atoms with E-state index in [-0.39, 0.29) is 23.4 Å². The van der Waals surface area contributed by atoms with E-state index in [4.69, 9.17) is 4.74 Å². The predicted molar refractivity (Wildman–Crippen MR) is 104 cm³/mol. The normalized spacial score (nSPS) is 23.7. The number of fused-ring (bicyclic) bond motifs is 1. The zero-order valence-corrected chi connectivity index (χ0v) is 17.1. The van der Waals surface area contributed by atoms with Gasteiger partial charge in [0, 0.05) is 25.9 Å². The van der Waals surface area contributed by atoms with E-state index >= 15 is 4.39 Å². The van der Waals surface area contributed by atoms with Gasteiger partial charge in [0.25, 0.3) is 0 Å². The summed E-state index contributed by atoms with van der Waals surface area (Å²) >= 11 is 0. The molecule has 1 saturated heterocycles. The first-order valence-corrected chi connectivity index (χ1v) is 9.41. The number of hydrogen-bond acceptors (Lipinski definition) is 8. The number of hydrogen-bond donors (Lipinski definition) is 3. The van der Waals surface area contributed by atoms with Crippen molar-refractivity contribution in [3.05, 3.63) is 6.33 Å². The van der Waals surface area contributed by atoms with Crippen LogP contribution in [0.1, 0.15) is 27.0 Å². The third-order valence-electron chi connectivity index (χ3n) is 5.33. The molecular weight excluding hydrogens is 383 g/mol. The van der Waals surface area contributed by atoms with Crippen molar-refractivity contribution >= 4 is 28.8 Å². The molecule has 3 heterocycles. The summed E-state index contributed by atoms with van der Waals surface area (Å²) in [6, 6.07) is 0. The molecule has 1 aliphatic heterocycles. The number of aliphatic hydroxyl groups excluding tert-OH is 2. The first-order valence-electron chi connectivity index (χ1n) is 9.41. The fraction of sp³-hybridized carbons (Fsp3) is 0.667. The minimum Gasteiger partial charge on any atom is -0.393 e. The van der Waals surface area contributed by atoms with Crippen LogP contribution in [0.3, 0.4) is 0 Å². The van der Waals surface area contributed by atoms with Gasteiger partial charge in [0.05, 0.1) is 19.5 Å². The molecule has 0 bridgehead atoms. The van der Waals surface area contributed by atoms with Crippen molar-refractivity contribution in [1.82, 2.24) is 19.5 Å². The van der Waals surface area contributed by atoms with Gasteiger partial charge >= 0.3 is 0 Å². The van der Waals surface area contributed by atoms with Crippen LogP contribution in [0.25, 0.3) is 11.2 Å². The van der Waals surface area contributed by atoms with Crippen molar-refractivity contribution in [2.24, 2.45) is 11.8 Å². The van der Waals surface area contributed by atoms with Gasteiger partial charge in [0.15, 0.2) is 29.4 Å². The van der Waals surface area contributed by atoms with Gasteiger partial charge in [-0.15, -0.1) is 0 Å². The zero-order chi connectivity index (χ0) is 21.5. The van der Waals surface area contributed by atoms with Crippen LogP contribution in [-0.2, 0) is 9.53 Å². The fourth-order valence-corrected chi connectivity index (χ4v) is 3.28. The number of aliphatic hydroxyl groups is 2. The van der Waals surface area contributed by atoms with Crippen LogP contribution in [0.4, 0.5) is 16.2 Å². The number of alkyl halides is 1. The standard InChI is InChI=1S/C18H27FN6O4/c1-9(2)15(28)23-17-21-13(24(4)5)12-14(22-17)25(8-20-12)16-11(19)10(3)18(6-26,7-27)29-16/h8-11,16,26-27H,6-7H2,1-5H3,(H,21,22,23,28)/t10-,11+,16+/m0/s1. The van der Waals surface area contributed by atoms with Crippen LogP contribution in [0.15, 0.2) is 6.33 Å². The van der Waals surface area contributed by atoms with E-state index in [2.05, 4.69) is 20.3 Å². The van der Waals surface area contributed by atoms with Gasteiger partial charge in [0.1, 0.15) is 5.60 Å². The highest BCUT2D eigenvalue weighted by Gasteiger charge is 2.54. The Kier molecular flexibility index (Phi) is 5.74. The molecular formula is C18H27FN6O4. The number of carbonyl (C=O) groups excluding carboxylic acids is 1. The van der Waals surface area contributed by atoms with Gasteiger partial charge < -0.3 is 19.8 Å². The molecule has 3 rings (SSSR count). The van der Waals surface area contributed by atoms with Crippen LogP contribution in [0.2, 0.25) is 0 Å². The lowest BCUT2D eigenvalue weighted by Crippen LogP contribution is -2.43. The van der Waals surface area contributed by atoms with Gasteiger partial charge in [-0.05, 0) is 0 Å². The Morgan fingerprint density at radius 1 is 1.38 bits per heavy atom. The van der Waals surface area contributed by atoms with Crippen molar-refractivity contribution in [3.8, 4) is 0 Å². The Morgan fingerprint density at radius 3 is 2.55 bits per heavy atom. The van der Waals surface area contributed by atoms with E-state index in [1.54, 1.807) is 39.8 Å². The number of amides is 1. The molecule has 2 aromatic heterocycles. The lowest BCUT2D eigenvalue weighted by atomic mass is 9.89. The molecule has 0 saturated carbocycles. The predicted octanol–water partition coefficient (Wildman–Crippen LogP) is 0.713. The molecule has 0 unspecified atom stereocenters. The summed E-state index contributed by atoms with van der Waals surface area (Å²) in [5.41, 5.74) is -0.729. The van der Waals surface area contributed by atoms with Crippen LogP contribution in [0, 0.1) is 11.8 Å². The van der Waals surface area contributed by atoms with Gasteiger partial charge in [-0.3, -0.25) is 14.7 Å². The summed E-state index contributed by atoms with van der Waals surface area (Å²) in [5, 5.41) is 22.0. The maximum absolute atomic E-state index is 15.1. The van der Waals surface area contributed by atoms with Gasteiger partial charge in [0.2, 0.25) is 11.9 Å². The Bertz CT molecular complexity index is 898. The molecule has 0 aliphatic carbocycles. The van der Waals surface area contributed by atoms with Crippen molar-refractivity contribution in [1.29, 1.82) is 0 Å². The number of carbonyl (C=O) groups is 1. The quantitative estimate of drug-likeness (QED) is 0.636. The summed E-state index contributed by atoms with van der Waals surface area (Å²) in [7, 11) is 3.53. The molecule has 29 heavy (non-hydrogen) atoms. The van der Waals surface area contributed by atoms with E-state index in [1.807, 2.05) is 0 Å². The number of ether oxygens (including phenoxy) is 1. The average molecular weight is 410 g/mol. The molecule has 10 nitrogen and oxygen atoms in total. The van der Waals surface area contributed by atoms with Crippen molar-refractivity contribution in [2.75, 3.05) is 37.5 Å². The number of aromatic nitrogens is 4. The van der Waals surface area contributed by atoms with Crippen LogP contribution >= 0.6 is 0 Å². The minimum absolute atomic E-state index is 0.0682. The average Bonchev–Trinajstić information content (AvgIpc) is 3.21. The summed E-state index contributed by atoms with van der Waals surface area (Å²) in [5.74, 6) is -0.765. The first kappa shape index (κ1) is 21.3. The summed E-state index contributed by atoms with van der Waals surface area (Å²) in [6.07, 6.45) is -1.28. The molecule has 11 heteroatoms. The van der Waals surface area contributed by atoms with Crippen molar-refractivity contribution in [3.63, 3.8) is 0 Å². The zero-order valence-electron chi connectivity index (χ0n) is 17.1. The highest BCUT2D eigenvalue weighted by atomic mass is 19.1. The van der Waals surface area contributed by atoms with E-state index in [0.717, 1.165) is 0 Å².